The molecule has 0 aliphatic heterocycles. The second-order valence-electron chi connectivity index (χ2n) is 3.88. The van der Waals surface area contributed by atoms with Crippen LogP contribution in [0, 0.1) is 0 Å². The van der Waals surface area contributed by atoms with Gasteiger partial charge in [0.05, 0.1) is 35.9 Å². The SMILES string of the molecule is Nc1ccoc1P(c1occc1N)c1occc1N. The van der Waals surface area contributed by atoms with Gasteiger partial charge < -0.3 is 30.5 Å². The van der Waals surface area contributed by atoms with Gasteiger partial charge in [-0.3, -0.25) is 0 Å². The summed E-state index contributed by atoms with van der Waals surface area (Å²) in [7, 11) is -1.27. The van der Waals surface area contributed by atoms with Crippen LogP contribution in [0.5, 0.6) is 0 Å². The van der Waals surface area contributed by atoms with Crippen LogP contribution >= 0.6 is 7.92 Å². The molecule has 0 unspecified atom stereocenters. The first-order chi connectivity index (χ1) is 9.18. The monoisotopic (exact) mass is 277 g/mol. The molecule has 0 fully saturated rings. The summed E-state index contributed by atoms with van der Waals surface area (Å²) < 4.78 is 16.4. The summed E-state index contributed by atoms with van der Waals surface area (Å²) in [6.45, 7) is 0. The quantitative estimate of drug-likeness (QED) is 0.614. The molecule has 0 amide bonds. The van der Waals surface area contributed by atoms with E-state index in [0.29, 0.717) is 33.6 Å². The predicted molar refractivity (Wildman–Crippen MR) is 75.2 cm³/mol. The molecule has 19 heavy (non-hydrogen) atoms. The van der Waals surface area contributed by atoms with E-state index in [2.05, 4.69) is 0 Å². The lowest BCUT2D eigenvalue weighted by Gasteiger charge is -2.12. The van der Waals surface area contributed by atoms with Crippen molar-refractivity contribution in [3.63, 3.8) is 0 Å². The van der Waals surface area contributed by atoms with Gasteiger partial charge in [0.15, 0.2) is 16.5 Å². The number of furan rings is 3. The van der Waals surface area contributed by atoms with Gasteiger partial charge in [-0.25, -0.2) is 0 Å². The van der Waals surface area contributed by atoms with Crippen LogP contribution in [0.4, 0.5) is 17.1 Å². The minimum Gasteiger partial charge on any atom is -0.462 e. The van der Waals surface area contributed by atoms with Crippen LogP contribution in [0.15, 0.2) is 50.2 Å². The van der Waals surface area contributed by atoms with Crippen molar-refractivity contribution >= 4 is 41.5 Å². The second-order valence-corrected chi connectivity index (χ2v) is 5.77. The molecule has 0 atom stereocenters. The van der Waals surface area contributed by atoms with E-state index in [-0.39, 0.29) is 0 Å². The summed E-state index contributed by atoms with van der Waals surface area (Å²) >= 11 is 0. The molecule has 7 heteroatoms. The lowest BCUT2D eigenvalue weighted by Crippen LogP contribution is -2.23. The Morgan fingerprint density at radius 3 is 1.16 bits per heavy atom. The number of rotatable bonds is 3. The molecule has 3 heterocycles. The van der Waals surface area contributed by atoms with Crippen molar-refractivity contribution < 1.29 is 13.3 Å². The average Bonchev–Trinajstić information content (AvgIpc) is 3.07. The molecule has 0 radical (unpaired) electrons. The largest absolute Gasteiger partial charge is 0.462 e. The maximum atomic E-state index is 5.91. The van der Waals surface area contributed by atoms with E-state index in [1.54, 1.807) is 18.2 Å². The van der Waals surface area contributed by atoms with Crippen molar-refractivity contribution in [2.24, 2.45) is 0 Å². The fraction of sp³-hybridized carbons (Fsp3) is 0. The zero-order chi connectivity index (χ0) is 13.4. The van der Waals surface area contributed by atoms with Gasteiger partial charge >= 0.3 is 0 Å². The number of hydrogen-bond donors (Lipinski definition) is 3. The Hall–Kier alpha value is -2.33. The Kier molecular flexibility index (Phi) is 2.72. The molecule has 0 saturated heterocycles. The first-order valence-electron chi connectivity index (χ1n) is 5.47. The fourth-order valence-corrected chi connectivity index (χ4v) is 3.81. The summed E-state index contributed by atoms with van der Waals surface area (Å²) in [6, 6.07) is 5.01. The highest BCUT2D eigenvalue weighted by atomic mass is 31.1. The third-order valence-electron chi connectivity index (χ3n) is 2.63. The molecular formula is C12H12N3O3P. The molecule has 0 aliphatic rings. The molecule has 0 bridgehead atoms. The van der Waals surface area contributed by atoms with Crippen molar-refractivity contribution in [2.75, 3.05) is 17.2 Å². The molecule has 0 saturated carbocycles. The van der Waals surface area contributed by atoms with Crippen molar-refractivity contribution in [2.45, 2.75) is 0 Å². The highest BCUT2D eigenvalue weighted by molar-refractivity contribution is 7.79. The summed E-state index contributed by atoms with van der Waals surface area (Å²) in [5.41, 5.74) is 20.9. The normalized spacial score (nSPS) is 11.2. The summed E-state index contributed by atoms with van der Waals surface area (Å²) in [5.74, 6) is 0. The van der Waals surface area contributed by atoms with Gasteiger partial charge in [0, 0.05) is 18.2 Å². The molecular weight excluding hydrogens is 265 g/mol. The summed E-state index contributed by atoms with van der Waals surface area (Å²) in [6.07, 6.45) is 4.54. The molecule has 3 aromatic rings. The smallest absolute Gasteiger partial charge is 0.163 e. The van der Waals surface area contributed by atoms with E-state index in [9.17, 15) is 0 Å². The van der Waals surface area contributed by atoms with Gasteiger partial charge in [0.2, 0.25) is 0 Å². The minimum atomic E-state index is -1.27. The van der Waals surface area contributed by atoms with Gasteiger partial charge in [-0.1, -0.05) is 0 Å². The Morgan fingerprint density at radius 1 is 0.632 bits per heavy atom. The number of nitrogen functional groups attached to an aromatic ring is 3. The zero-order valence-electron chi connectivity index (χ0n) is 9.87. The minimum absolute atomic E-state index is 0.512. The fourth-order valence-electron chi connectivity index (χ4n) is 1.76. The van der Waals surface area contributed by atoms with Crippen molar-refractivity contribution in [1.29, 1.82) is 0 Å². The van der Waals surface area contributed by atoms with Crippen molar-refractivity contribution in [1.82, 2.24) is 0 Å². The standard InChI is InChI=1S/C12H12N3O3P/c13-7-1-4-16-10(7)19(11-8(14)2-5-17-11)12-9(15)3-6-18-12/h1-6H,13-15H2. The van der Waals surface area contributed by atoms with Gasteiger partial charge in [0.1, 0.15) is 7.92 Å². The number of anilines is 3. The second kappa shape index (κ2) is 4.40. The van der Waals surface area contributed by atoms with E-state index in [0.717, 1.165) is 0 Å². The van der Waals surface area contributed by atoms with E-state index >= 15 is 0 Å². The van der Waals surface area contributed by atoms with Gasteiger partial charge in [-0.05, 0) is 0 Å². The molecule has 6 N–H and O–H groups in total. The van der Waals surface area contributed by atoms with Crippen molar-refractivity contribution in [3.05, 3.63) is 37.0 Å². The molecule has 6 nitrogen and oxygen atoms in total. The third kappa shape index (κ3) is 1.86. The maximum Gasteiger partial charge on any atom is 0.163 e. The van der Waals surface area contributed by atoms with Crippen LogP contribution in [-0.2, 0) is 0 Å². The van der Waals surface area contributed by atoms with Crippen LogP contribution in [0.25, 0.3) is 0 Å². The number of hydrogen-bond acceptors (Lipinski definition) is 6. The van der Waals surface area contributed by atoms with E-state index in [1.165, 1.54) is 18.8 Å². The average molecular weight is 277 g/mol. The Balaban J connectivity index is 2.20. The highest BCUT2D eigenvalue weighted by Crippen LogP contribution is 2.39. The molecule has 0 spiro atoms. The topological polar surface area (TPSA) is 117 Å². The van der Waals surface area contributed by atoms with Crippen LogP contribution in [-0.4, -0.2) is 0 Å². The van der Waals surface area contributed by atoms with Crippen molar-refractivity contribution in [3.8, 4) is 0 Å². The lowest BCUT2D eigenvalue weighted by atomic mass is 10.5. The molecule has 3 rings (SSSR count). The Morgan fingerprint density at radius 2 is 0.947 bits per heavy atom. The van der Waals surface area contributed by atoms with Crippen LogP contribution < -0.4 is 33.7 Å². The zero-order valence-corrected chi connectivity index (χ0v) is 10.8. The molecule has 3 aromatic heterocycles. The first kappa shape index (κ1) is 11.7. The lowest BCUT2D eigenvalue weighted by molar-refractivity contribution is 0.585. The summed E-state index contributed by atoms with van der Waals surface area (Å²) in [4.78, 5) is 0. The van der Waals surface area contributed by atoms with Crippen LogP contribution in [0.2, 0.25) is 0 Å². The molecule has 0 aliphatic carbocycles. The van der Waals surface area contributed by atoms with Crippen LogP contribution in [0.1, 0.15) is 0 Å². The van der Waals surface area contributed by atoms with E-state index < -0.39 is 7.92 Å². The Bertz CT molecular complexity index is 605. The molecule has 0 aromatic carbocycles. The van der Waals surface area contributed by atoms with E-state index in [1.807, 2.05) is 0 Å². The first-order valence-corrected chi connectivity index (χ1v) is 6.81. The third-order valence-corrected chi connectivity index (χ3v) is 4.94. The number of nitrogens with two attached hydrogens (primary N) is 3. The summed E-state index contributed by atoms with van der Waals surface area (Å²) in [5, 5.41) is 0. The van der Waals surface area contributed by atoms with Crippen LogP contribution in [0.3, 0.4) is 0 Å². The maximum absolute atomic E-state index is 5.91. The van der Waals surface area contributed by atoms with Gasteiger partial charge in [0.25, 0.3) is 0 Å². The van der Waals surface area contributed by atoms with Gasteiger partial charge in [-0.2, -0.15) is 0 Å². The molecule has 98 valence electrons. The van der Waals surface area contributed by atoms with Gasteiger partial charge in [-0.15, -0.1) is 0 Å². The van der Waals surface area contributed by atoms with E-state index in [4.69, 9.17) is 30.5 Å². The predicted octanol–water partition coefficient (Wildman–Crippen LogP) is 0.970. The Labute approximate surface area is 109 Å². The highest BCUT2D eigenvalue weighted by Gasteiger charge is 2.31.